The van der Waals surface area contributed by atoms with E-state index in [-0.39, 0.29) is 0 Å². The fourth-order valence-electron chi connectivity index (χ4n) is 5.05. The maximum Gasteiger partial charge on any atom is 0.0449 e. The Balaban J connectivity index is 1.25. The zero-order valence-corrected chi connectivity index (χ0v) is 30.2. The van der Waals surface area contributed by atoms with Gasteiger partial charge in [0.1, 0.15) is 0 Å². The van der Waals surface area contributed by atoms with Crippen LogP contribution >= 0.6 is 90.7 Å². The van der Waals surface area contributed by atoms with Crippen molar-refractivity contribution in [3.63, 3.8) is 0 Å². The van der Waals surface area contributed by atoms with Gasteiger partial charge in [-0.2, -0.15) is 0 Å². The number of rotatable bonds is 6. The van der Waals surface area contributed by atoms with Crippen molar-refractivity contribution in [2.45, 2.75) is 13.8 Å². The van der Waals surface area contributed by atoms with Crippen molar-refractivity contribution in [1.82, 2.24) is 0 Å². The molecule has 44 heavy (non-hydrogen) atoms. The van der Waals surface area contributed by atoms with Crippen molar-refractivity contribution in [3.8, 4) is 29.3 Å². The Kier molecular flexibility index (Phi) is 8.03. The van der Waals surface area contributed by atoms with Crippen LogP contribution in [0.15, 0.2) is 108 Å². The largest absolute Gasteiger partial charge is 0.143 e. The summed E-state index contributed by atoms with van der Waals surface area (Å²) in [6.45, 7) is 4.44. The van der Waals surface area contributed by atoms with Crippen LogP contribution in [0.2, 0.25) is 0 Å². The van der Waals surface area contributed by atoms with Gasteiger partial charge in [0.25, 0.3) is 0 Å². The molecule has 0 unspecified atom stereocenters. The van der Waals surface area contributed by atoms with Crippen LogP contribution in [-0.2, 0) is 0 Å². The molecule has 8 aromatic heterocycles. The molecule has 0 spiro atoms. The Labute approximate surface area is 287 Å². The Bertz CT molecular complexity index is 2410. The van der Waals surface area contributed by atoms with Crippen molar-refractivity contribution in [1.29, 1.82) is 0 Å². The number of thiophene rings is 8. The summed E-state index contributed by atoms with van der Waals surface area (Å²) in [5.41, 5.74) is 2.70. The molecule has 0 atom stereocenters. The normalized spacial score (nSPS) is 13.9. The third-order valence-electron chi connectivity index (χ3n) is 7.26. The monoisotopic (exact) mass is 712 g/mol. The lowest BCUT2D eigenvalue weighted by Gasteiger charge is -2.01. The highest BCUT2D eigenvalue weighted by molar-refractivity contribution is 7.24. The van der Waals surface area contributed by atoms with Crippen LogP contribution in [0, 0.1) is 16.0 Å². The predicted molar refractivity (Wildman–Crippen MR) is 203 cm³/mol. The van der Waals surface area contributed by atoms with Crippen LogP contribution in [0.3, 0.4) is 0 Å². The average Bonchev–Trinajstić information content (AvgIpc) is 3.89. The molecule has 8 heterocycles. The Morgan fingerprint density at radius 3 is 1.50 bits per heavy atom. The Hall–Kier alpha value is -2.66. The van der Waals surface area contributed by atoms with Gasteiger partial charge < -0.3 is 0 Å². The molecule has 8 heteroatoms. The topological polar surface area (TPSA) is 0 Å². The lowest BCUT2D eigenvalue weighted by molar-refractivity contribution is 1.64. The SMILES string of the molecule is CC(c1ccc(-c2cccs2)s1)=c1cc/c(=c2/ccc(=C(c3ccc(-c4cccs4)s3)c3ccc(-c4ccc(C)s4)s3)s2)s1. The summed E-state index contributed by atoms with van der Waals surface area (Å²) in [6, 6.07) is 36.2. The fraction of sp³-hybridized carbons (Fsp3) is 0.0556. The molecule has 0 bridgehead atoms. The first-order valence-corrected chi connectivity index (χ1v) is 20.6. The molecule has 0 saturated heterocycles. The van der Waals surface area contributed by atoms with E-state index in [1.54, 1.807) is 11.3 Å². The van der Waals surface area contributed by atoms with E-state index in [2.05, 4.69) is 122 Å². The van der Waals surface area contributed by atoms with Crippen molar-refractivity contribution < 1.29 is 0 Å². The summed E-state index contributed by atoms with van der Waals surface area (Å²) in [5, 5.41) is 4.31. The third kappa shape index (κ3) is 5.63. The molecule has 216 valence electrons. The van der Waals surface area contributed by atoms with E-state index in [1.807, 2.05) is 79.4 Å². The molecule has 0 fully saturated rings. The second-order valence-electron chi connectivity index (χ2n) is 10.2. The Morgan fingerprint density at radius 1 is 0.432 bits per heavy atom. The van der Waals surface area contributed by atoms with E-state index in [0.717, 1.165) is 0 Å². The van der Waals surface area contributed by atoms with Gasteiger partial charge in [-0.3, -0.25) is 0 Å². The fourth-order valence-corrected chi connectivity index (χ4v) is 13.3. The van der Waals surface area contributed by atoms with E-state index >= 15 is 0 Å². The number of hydrogen-bond acceptors (Lipinski definition) is 8. The van der Waals surface area contributed by atoms with Crippen LogP contribution in [-0.4, -0.2) is 0 Å². The summed E-state index contributed by atoms with van der Waals surface area (Å²) in [4.78, 5) is 13.4. The highest BCUT2D eigenvalue weighted by Crippen LogP contribution is 2.41. The van der Waals surface area contributed by atoms with Crippen LogP contribution < -0.4 is 9.06 Å². The number of aryl methyl sites for hydroxylation is 1. The first kappa shape index (κ1) is 28.8. The standard InChI is InChI=1S/C36H24S8/c1-21-7-8-29(39-21)30-14-17-34(43-30)36(33-16-13-28(42-33)26-6-4-20-38-26)35-18-15-32(44-35)31-12-10-24(41-31)22(2)23-9-11-27(40-23)25-5-3-19-37-25/h3-20H,1-2H3/b24-22?,32-31+,36-35?. The minimum absolute atomic E-state index is 1.32. The summed E-state index contributed by atoms with van der Waals surface area (Å²) in [7, 11) is 0. The van der Waals surface area contributed by atoms with Crippen molar-refractivity contribution >= 4 is 102 Å². The zero-order chi connectivity index (χ0) is 29.6. The molecule has 0 aromatic carbocycles. The maximum absolute atomic E-state index is 2.33. The van der Waals surface area contributed by atoms with Gasteiger partial charge >= 0.3 is 0 Å². The van der Waals surface area contributed by atoms with Gasteiger partial charge in [-0.05, 0) is 115 Å². The summed E-state index contributed by atoms with van der Waals surface area (Å²) < 4.78 is 5.32. The second kappa shape index (κ2) is 12.3. The molecule has 0 radical (unpaired) electrons. The van der Waals surface area contributed by atoms with E-state index in [9.17, 15) is 0 Å². The molecule has 0 aliphatic heterocycles. The third-order valence-corrected chi connectivity index (χ3v) is 16.5. The average molecular weight is 713 g/mol. The molecule has 8 rings (SSSR count). The Morgan fingerprint density at radius 2 is 0.932 bits per heavy atom. The van der Waals surface area contributed by atoms with Crippen molar-refractivity contribution in [2.24, 2.45) is 0 Å². The smallest absolute Gasteiger partial charge is 0.0449 e. The van der Waals surface area contributed by atoms with Crippen molar-refractivity contribution in [3.05, 3.63) is 145 Å². The first-order chi connectivity index (χ1) is 21.6. The van der Waals surface area contributed by atoms with Crippen LogP contribution in [0.1, 0.15) is 26.4 Å². The van der Waals surface area contributed by atoms with Crippen LogP contribution in [0.4, 0.5) is 0 Å². The molecular formula is C36H24S8. The lowest BCUT2D eigenvalue weighted by atomic mass is 10.2. The molecule has 0 amide bonds. The maximum atomic E-state index is 2.33. The van der Waals surface area contributed by atoms with Gasteiger partial charge in [0.15, 0.2) is 0 Å². The van der Waals surface area contributed by atoms with Gasteiger partial charge in [-0.15, -0.1) is 90.7 Å². The second-order valence-corrected chi connectivity index (χ2v) is 18.8. The van der Waals surface area contributed by atoms with E-state index in [0.29, 0.717) is 0 Å². The molecule has 0 aliphatic rings. The molecule has 0 aliphatic carbocycles. The highest BCUT2D eigenvalue weighted by Gasteiger charge is 2.16. The molecule has 0 nitrogen and oxygen atoms in total. The van der Waals surface area contributed by atoms with E-state index in [4.69, 9.17) is 0 Å². The van der Waals surface area contributed by atoms with Crippen molar-refractivity contribution in [2.75, 3.05) is 0 Å². The first-order valence-electron chi connectivity index (χ1n) is 14.0. The minimum Gasteiger partial charge on any atom is -0.143 e. The van der Waals surface area contributed by atoms with Gasteiger partial charge in [0, 0.05) is 72.5 Å². The lowest BCUT2D eigenvalue weighted by Crippen LogP contribution is -1.99. The quantitative estimate of drug-likeness (QED) is 0.161. The number of hydrogen-bond donors (Lipinski definition) is 0. The van der Waals surface area contributed by atoms with Crippen LogP contribution in [0.5, 0.6) is 0 Å². The minimum atomic E-state index is 1.32. The summed E-state index contributed by atoms with van der Waals surface area (Å²) >= 11 is 15.0. The molecule has 0 N–H and O–H groups in total. The van der Waals surface area contributed by atoms with Gasteiger partial charge in [0.2, 0.25) is 0 Å². The molecular weight excluding hydrogens is 689 g/mol. The van der Waals surface area contributed by atoms with E-state index < -0.39 is 0 Å². The van der Waals surface area contributed by atoms with E-state index in [1.165, 1.54) is 78.0 Å². The van der Waals surface area contributed by atoms with Gasteiger partial charge in [-0.25, -0.2) is 0 Å². The summed E-state index contributed by atoms with van der Waals surface area (Å²) in [5.74, 6) is 0. The zero-order valence-electron chi connectivity index (χ0n) is 23.7. The highest BCUT2D eigenvalue weighted by atomic mass is 32.1. The molecule has 8 aromatic rings. The van der Waals surface area contributed by atoms with Gasteiger partial charge in [0.05, 0.1) is 0 Å². The summed E-state index contributed by atoms with van der Waals surface area (Å²) in [6.07, 6.45) is 0. The van der Waals surface area contributed by atoms with Crippen LogP contribution in [0.25, 0.3) is 40.4 Å². The predicted octanol–water partition coefficient (Wildman–Crippen LogP) is 12.2. The molecule has 0 saturated carbocycles. The van der Waals surface area contributed by atoms with Gasteiger partial charge in [-0.1, -0.05) is 12.1 Å².